The zero-order valence-corrected chi connectivity index (χ0v) is 10.2. The van der Waals surface area contributed by atoms with Crippen LogP contribution in [0, 0.1) is 11.3 Å². The van der Waals surface area contributed by atoms with Crippen LogP contribution in [0.15, 0.2) is 18.2 Å². The number of benzene rings is 1. The van der Waals surface area contributed by atoms with E-state index < -0.39 is 5.97 Å². The summed E-state index contributed by atoms with van der Waals surface area (Å²) < 4.78 is 0. The largest absolute Gasteiger partial charge is 0.478 e. The lowest BCUT2D eigenvalue weighted by Crippen LogP contribution is -2.26. The normalized spacial score (nSPS) is 18.8. The molecule has 1 N–H and O–H groups in total. The molecule has 18 heavy (non-hydrogen) atoms. The second-order valence-electron chi connectivity index (χ2n) is 4.01. The van der Waals surface area contributed by atoms with Gasteiger partial charge in [0.05, 0.1) is 22.9 Å². The zero-order valence-electron chi connectivity index (χ0n) is 9.33. The highest BCUT2D eigenvalue weighted by Crippen LogP contribution is 2.28. The highest BCUT2D eigenvalue weighted by Gasteiger charge is 2.30. The molecular weight excluding hydrogens is 252 g/mol. The van der Waals surface area contributed by atoms with Crippen molar-refractivity contribution in [1.82, 2.24) is 0 Å². The molecule has 1 saturated heterocycles. The summed E-state index contributed by atoms with van der Waals surface area (Å²) in [4.78, 5) is 24.3. The lowest BCUT2D eigenvalue weighted by atomic mass is 10.1. The van der Waals surface area contributed by atoms with Crippen molar-refractivity contribution in [3.8, 4) is 6.07 Å². The summed E-state index contributed by atoms with van der Waals surface area (Å²) in [6.45, 7) is 0.383. The van der Waals surface area contributed by atoms with Gasteiger partial charge in [0.1, 0.15) is 0 Å². The summed E-state index contributed by atoms with van der Waals surface area (Å²) in [5, 5.41) is 17.8. The van der Waals surface area contributed by atoms with Gasteiger partial charge in [0.2, 0.25) is 5.91 Å². The molecule has 2 rings (SSSR count). The molecule has 0 aliphatic carbocycles. The minimum Gasteiger partial charge on any atom is -0.478 e. The Morgan fingerprint density at radius 1 is 1.56 bits per heavy atom. The number of thiol groups is 1. The van der Waals surface area contributed by atoms with Crippen molar-refractivity contribution in [3.05, 3.63) is 29.3 Å². The van der Waals surface area contributed by atoms with Crippen molar-refractivity contribution in [2.75, 3.05) is 11.4 Å². The van der Waals surface area contributed by atoms with Gasteiger partial charge in [0.25, 0.3) is 0 Å². The molecule has 0 radical (unpaired) electrons. The van der Waals surface area contributed by atoms with Crippen molar-refractivity contribution in [3.63, 3.8) is 0 Å². The molecule has 1 aromatic rings. The Balaban J connectivity index is 2.48. The Hall–Kier alpha value is -2.00. The quantitative estimate of drug-likeness (QED) is 0.787. The van der Waals surface area contributed by atoms with E-state index in [4.69, 9.17) is 10.4 Å². The Morgan fingerprint density at radius 2 is 2.28 bits per heavy atom. The summed E-state index contributed by atoms with van der Waals surface area (Å²) in [6, 6.07) is 6.15. The minimum atomic E-state index is -1.16. The number of hydrogen-bond acceptors (Lipinski definition) is 4. The van der Waals surface area contributed by atoms with Crippen molar-refractivity contribution in [2.45, 2.75) is 11.7 Å². The van der Waals surface area contributed by atoms with Gasteiger partial charge in [-0.25, -0.2) is 4.79 Å². The summed E-state index contributed by atoms with van der Waals surface area (Å²) in [5.74, 6) is -1.31. The first-order valence-electron chi connectivity index (χ1n) is 5.29. The fraction of sp³-hybridized carbons (Fsp3) is 0.250. The number of carboxylic acid groups (broad SMARTS) is 1. The van der Waals surface area contributed by atoms with E-state index in [0.717, 1.165) is 0 Å². The zero-order chi connectivity index (χ0) is 13.3. The lowest BCUT2D eigenvalue weighted by molar-refractivity contribution is -0.117. The molecule has 5 nitrogen and oxygen atoms in total. The summed E-state index contributed by atoms with van der Waals surface area (Å²) in [6.07, 6.45) is 0.294. The van der Waals surface area contributed by atoms with E-state index in [0.29, 0.717) is 18.7 Å². The Bertz CT molecular complexity index is 565. The molecule has 1 atom stereocenters. The average Bonchev–Trinajstić information content (AvgIpc) is 2.67. The number of aromatic carboxylic acids is 1. The van der Waals surface area contributed by atoms with Gasteiger partial charge in [-0.05, 0) is 18.2 Å². The Labute approximate surface area is 109 Å². The van der Waals surface area contributed by atoms with Crippen molar-refractivity contribution in [2.24, 2.45) is 0 Å². The van der Waals surface area contributed by atoms with Crippen LogP contribution in [0.2, 0.25) is 0 Å². The second-order valence-corrected chi connectivity index (χ2v) is 4.74. The van der Waals surface area contributed by atoms with Crippen molar-refractivity contribution < 1.29 is 14.7 Å². The monoisotopic (exact) mass is 262 g/mol. The molecule has 0 saturated carbocycles. The number of anilines is 1. The predicted molar refractivity (Wildman–Crippen MR) is 67.9 cm³/mol. The second kappa shape index (κ2) is 4.70. The van der Waals surface area contributed by atoms with Crippen LogP contribution >= 0.6 is 12.6 Å². The van der Waals surface area contributed by atoms with Crippen molar-refractivity contribution in [1.29, 1.82) is 5.26 Å². The molecule has 0 bridgehead atoms. The first-order chi connectivity index (χ1) is 8.52. The molecule has 92 valence electrons. The first kappa shape index (κ1) is 12.5. The van der Waals surface area contributed by atoms with Crippen LogP contribution in [0.4, 0.5) is 5.69 Å². The van der Waals surface area contributed by atoms with E-state index in [1.165, 1.54) is 23.1 Å². The van der Waals surface area contributed by atoms with E-state index >= 15 is 0 Å². The number of amides is 1. The maximum absolute atomic E-state index is 11.7. The smallest absolute Gasteiger partial charge is 0.337 e. The molecule has 1 unspecified atom stereocenters. The molecular formula is C12H10N2O3S. The summed E-state index contributed by atoms with van der Waals surface area (Å²) in [5.41, 5.74) is 0.540. The molecule has 1 amide bonds. The SMILES string of the molecule is N#Cc1ccc(N2CC(S)CC2=O)c(C(=O)O)c1. The van der Waals surface area contributed by atoms with Gasteiger partial charge in [-0.3, -0.25) is 4.79 Å². The van der Waals surface area contributed by atoms with Crippen LogP contribution in [-0.4, -0.2) is 28.8 Å². The van der Waals surface area contributed by atoms with Crippen LogP contribution < -0.4 is 4.90 Å². The molecule has 6 heteroatoms. The molecule has 1 aliphatic rings. The van der Waals surface area contributed by atoms with Gasteiger partial charge in [0, 0.05) is 18.2 Å². The fourth-order valence-corrected chi connectivity index (χ4v) is 2.25. The van der Waals surface area contributed by atoms with Gasteiger partial charge in [0.15, 0.2) is 0 Å². The third-order valence-corrected chi connectivity index (χ3v) is 3.10. The highest BCUT2D eigenvalue weighted by molar-refractivity contribution is 7.81. The molecule has 1 heterocycles. The van der Waals surface area contributed by atoms with Crippen LogP contribution in [-0.2, 0) is 4.79 Å². The Kier molecular flexibility index (Phi) is 3.26. The van der Waals surface area contributed by atoms with E-state index in [-0.39, 0.29) is 22.3 Å². The Morgan fingerprint density at radius 3 is 2.78 bits per heavy atom. The number of nitrogens with zero attached hydrogens (tertiary/aromatic N) is 2. The average molecular weight is 262 g/mol. The number of nitriles is 1. The maximum atomic E-state index is 11.7. The fourth-order valence-electron chi connectivity index (χ4n) is 1.93. The molecule has 0 aromatic heterocycles. The van der Waals surface area contributed by atoms with Crippen LogP contribution in [0.25, 0.3) is 0 Å². The van der Waals surface area contributed by atoms with Crippen LogP contribution in [0.5, 0.6) is 0 Å². The van der Waals surface area contributed by atoms with Gasteiger partial charge in [-0.15, -0.1) is 0 Å². The summed E-state index contributed by atoms with van der Waals surface area (Å²) in [7, 11) is 0. The number of carboxylic acids is 1. The molecule has 1 fully saturated rings. The predicted octanol–water partition coefficient (Wildman–Crippen LogP) is 1.29. The standard InChI is InChI=1S/C12H10N2O3S/c13-5-7-1-2-10(9(3-7)12(16)17)14-6-8(18)4-11(14)15/h1-3,8,18H,4,6H2,(H,16,17). The van der Waals surface area contributed by atoms with Gasteiger partial charge in [-0.2, -0.15) is 17.9 Å². The number of carbonyl (C=O) groups excluding carboxylic acids is 1. The van der Waals surface area contributed by atoms with E-state index in [1.54, 1.807) is 0 Å². The minimum absolute atomic E-state index is 0.0372. The maximum Gasteiger partial charge on any atom is 0.337 e. The van der Waals surface area contributed by atoms with Gasteiger partial charge in [-0.1, -0.05) is 0 Å². The first-order valence-corrected chi connectivity index (χ1v) is 5.80. The third-order valence-electron chi connectivity index (χ3n) is 2.75. The molecule has 1 aliphatic heterocycles. The third kappa shape index (κ3) is 2.17. The van der Waals surface area contributed by atoms with Crippen LogP contribution in [0.1, 0.15) is 22.3 Å². The van der Waals surface area contributed by atoms with Gasteiger partial charge < -0.3 is 10.0 Å². The number of rotatable bonds is 2. The summed E-state index contributed by atoms with van der Waals surface area (Å²) >= 11 is 4.22. The van der Waals surface area contributed by atoms with Crippen molar-refractivity contribution >= 4 is 30.2 Å². The topological polar surface area (TPSA) is 81.4 Å². The van der Waals surface area contributed by atoms with E-state index in [2.05, 4.69) is 12.6 Å². The number of carbonyl (C=O) groups is 2. The van der Waals surface area contributed by atoms with E-state index in [1.807, 2.05) is 6.07 Å². The van der Waals surface area contributed by atoms with Gasteiger partial charge >= 0.3 is 5.97 Å². The number of hydrogen-bond donors (Lipinski definition) is 2. The highest BCUT2D eigenvalue weighted by atomic mass is 32.1. The lowest BCUT2D eigenvalue weighted by Gasteiger charge is -2.18. The van der Waals surface area contributed by atoms with Crippen LogP contribution in [0.3, 0.4) is 0 Å². The molecule has 0 spiro atoms. The van der Waals surface area contributed by atoms with E-state index in [9.17, 15) is 9.59 Å². The molecule has 1 aromatic carbocycles.